The molecule has 0 saturated heterocycles. The molecule has 0 aliphatic heterocycles. The molecule has 0 bridgehead atoms. The van der Waals surface area contributed by atoms with Gasteiger partial charge < -0.3 is 5.11 Å². The zero-order chi connectivity index (χ0) is 32.4. The molecule has 0 unspecified atom stereocenters. The lowest BCUT2D eigenvalue weighted by molar-refractivity contribution is -0.0653. The lowest BCUT2D eigenvalue weighted by Gasteiger charge is -2.59. The van der Waals surface area contributed by atoms with Crippen LogP contribution >= 0.6 is 0 Å². The number of benzene rings is 1. The van der Waals surface area contributed by atoms with E-state index in [0.717, 1.165) is 12.8 Å². The van der Waals surface area contributed by atoms with Gasteiger partial charge in [0.25, 0.3) is 0 Å². The van der Waals surface area contributed by atoms with Crippen LogP contribution in [0.25, 0.3) is 0 Å². The van der Waals surface area contributed by atoms with Crippen molar-refractivity contribution in [2.45, 2.75) is 180 Å². The Balaban J connectivity index is 0.00000116. The maximum Gasteiger partial charge on any atom is 0.0436 e. The molecule has 0 aliphatic carbocycles. The van der Waals surface area contributed by atoms with Gasteiger partial charge in [-0.2, -0.15) is 0 Å². The summed E-state index contributed by atoms with van der Waals surface area (Å²) in [6, 6.07) is 7.50. The fourth-order valence-corrected chi connectivity index (χ4v) is 5.54. The van der Waals surface area contributed by atoms with Gasteiger partial charge in [-0.3, -0.25) is 0 Å². The number of hydrogen-bond acceptors (Lipinski definition) is 1. The summed E-state index contributed by atoms with van der Waals surface area (Å²) in [4.78, 5) is 0. The van der Waals surface area contributed by atoms with Crippen LogP contribution in [0.3, 0.4) is 0 Å². The first-order valence-electron chi connectivity index (χ1n) is 16.3. The van der Waals surface area contributed by atoms with Gasteiger partial charge in [-0.25, -0.2) is 0 Å². The molecule has 236 valence electrons. The molecule has 0 heterocycles. The van der Waals surface area contributed by atoms with Gasteiger partial charge in [0.05, 0.1) is 0 Å². The predicted octanol–water partition coefficient (Wildman–Crippen LogP) is 12.3. The van der Waals surface area contributed by atoms with E-state index >= 15 is 0 Å². The Kier molecular flexibility index (Phi) is 12.6. The molecular weight excluding hydrogens is 484 g/mol. The summed E-state index contributed by atoms with van der Waals surface area (Å²) < 4.78 is 0. The van der Waals surface area contributed by atoms with Crippen LogP contribution in [0.4, 0.5) is 0 Å². The van der Waals surface area contributed by atoms with Gasteiger partial charge in [-0.15, -0.1) is 0 Å². The van der Waals surface area contributed by atoms with Gasteiger partial charge in [0.1, 0.15) is 0 Å². The molecule has 0 saturated carbocycles. The topological polar surface area (TPSA) is 20.2 Å². The minimum atomic E-state index is 0.0444. The normalized spacial score (nSPS) is 14.6. The zero-order valence-electron chi connectivity index (χ0n) is 31.2. The van der Waals surface area contributed by atoms with Crippen LogP contribution in [0.15, 0.2) is 18.2 Å². The second-order valence-corrected chi connectivity index (χ2v) is 18.0. The van der Waals surface area contributed by atoms with Crippen molar-refractivity contribution >= 4 is 0 Å². The molecule has 0 aromatic heterocycles. The first-order valence-corrected chi connectivity index (χ1v) is 16.3. The highest BCUT2D eigenvalue weighted by Gasteiger charge is 2.54. The van der Waals surface area contributed by atoms with Gasteiger partial charge in [-0.1, -0.05) is 170 Å². The van der Waals surface area contributed by atoms with Crippen LogP contribution in [0.2, 0.25) is 0 Å². The lowest BCUT2D eigenvalue weighted by Crippen LogP contribution is -2.53. The van der Waals surface area contributed by atoms with E-state index in [1.807, 2.05) is 0 Å². The average molecular weight is 559 g/mol. The molecule has 1 nitrogen and oxygen atoms in total. The Morgan fingerprint density at radius 2 is 0.875 bits per heavy atom. The van der Waals surface area contributed by atoms with E-state index in [4.69, 9.17) is 5.11 Å². The molecular formula is C39H74O. The maximum atomic E-state index is 8.86. The number of aliphatic hydroxyl groups excluding tert-OH is 1. The van der Waals surface area contributed by atoms with Crippen LogP contribution < -0.4 is 0 Å². The van der Waals surface area contributed by atoms with Crippen molar-refractivity contribution in [3.05, 3.63) is 34.9 Å². The quantitative estimate of drug-likeness (QED) is 0.286. The van der Waals surface area contributed by atoms with Crippen LogP contribution in [0.1, 0.15) is 181 Å². The van der Waals surface area contributed by atoms with E-state index in [2.05, 4.69) is 157 Å². The van der Waals surface area contributed by atoms with Crippen molar-refractivity contribution in [2.75, 3.05) is 6.61 Å². The van der Waals surface area contributed by atoms with Gasteiger partial charge in [0.15, 0.2) is 0 Å². The smallest absolute Gasteiger partial charge is 0.0436 e. The average Bonchev–Trinajstić information content (AvgIpc) is 2.82. The van der Waals surface area contributed by atoms with Crippen molar-refractivity contribution in [2.24, 2.45) is 27.1 Å². The monoisotopic (exact) mass is 559 g/mol. The molecule has 1 aromatic carbocycles. The Morgan fingerprint density at radius 1 is 0.475 bits per heavy atom. The van der Waals surface area contributed by atoms with E-state index in [1.165, 1.54) is 29.5 Å². The Hall–Kier alpha value is -0.820. The third-order valence-electron chi connectivity index (χ3n) is 13.3. The molecule has 0 spiro atoms. The van der Waals surface area contributed by atoms with Crippen molar-refractivity contribution in [1.82, 2.24) is 0 Å². The first-order chi connectivity index (χ1) is 17.6. The van der Waals surface area contributed by atoms with Gasteiger partial charge >= 0.3 is 0 Å². The Bertz CT molecular complexity index is 928. The van der Waals surface area contributed by atoms with E-state index in [9.17, 15) is 0 Å². The van der Waals surface area contributed by atoms with Crippen molar-refractivity contribution < 1.29 is 5.11 Å². The molecule has 0 aliphatic rings. The molecule has 1 heteroatoms. The SMILES string of the molecule is CCC(C)(C)C(C)(C)CCO.CCC(C)(C)c1cc(C(C)(C)C)cc(C(C)(C)C(C)(C)C(C)(C)C(C)(C)CC)c1. The molecule has 0 radical (unpaired) electrons. The number of aliphatic hydroxyl groups is 1. The van der Waals surface area contributed by atoms with Crippen molar-refractivity contribution in [1.29, 1.82) is 0 Å². The van der Waals surface area contributed by atoms with Gasteiger partial charge in [0.2, 0.25) is 0 Å². The third-order valence-corrected chi connectivity index (χ3v) is 13.3. The summed E-state index contributed by atoms with van der Waals surface area (Å²) in [7, 11) is 0. The van der Waals surface area contributed by atoms with Crippen LogP contribution in [0.5, 0.6) is 0 Å². The standard InChI is InChI=1S/C29H52.C10H22O/c1-16-25(6,7)22-18-21(24(3,4)5)19-23(20-22)27(10,11)29(14,15)28(12,13)26(8,9)17-2;1-6-9(2,3)10(4,5)7-8-11/h18-20H,16-17H2,1-15H3;11H,6-8H2,1-5H3. The highest BCUT2D eigenvalue weighted by atomic mass is 16.3. The Labute approximate surface area is 253 Å². The minimum absolute atomic E-state index is 0.0444. The van der Waals surface area contributed by atoms with E-state index < -0.39 is 0 Å². The second-order valence-electron chi connectivity index (χ2n) is 18.0. The molecule has 0 amide bonds. The van der Waals surface area contributed by atoms with E-state index in [-0.39, 0.29) is 37.9 Å². The molecule has 1 N–H and O–H groups in total. The van der Waals surface area contributed by atoms with Crippen molar-refractivity contribution in [3.63, 3.8) is 0 Å². The highest BCUT2D eigenvalue weighted by molar-refractivity contribution is 5.41. The molecule has 1 aromatic rings. The summed E-state index contributed by atoms with van der Waals surface area (Å²) in [5.74, 6) is 0. The second kappa shape index (κ2) is 12.8. The van der Waals surface area contributed by atoms with Crippen LogP contribution in [-0.2, 0) is 16.2 Å². The molecule has 40 heavy (non-hydrogen) atoms. The summed E-state index contributed by atoms with van der Waals surface area (Å²) in [5.41, 5.74) is 5.95. The van der Waals surface area contributed by atoms with Gasteiger partial charge in [-0.05, 0) is 72.9 Å². The number of hydrogen-bond donors (Lipinski definition) is 1. The highest BCUT2D eigenvalue weighted by Crippen LogP contribution is 2.60. The predicted molar refractivity (Wildman–Crippen MR) is 183 cm³/mol. The van der Waals surface area contributed by atoms with E-state index in [1.54, 1.807) is 0 Å². The zero-order valence-corrected chi connectivity index (χ0v) is 31.2. The summed E-state index contributed by atoms with van der Waals surface area (Å²) in [6.07, 6.45) is 4.40. The minimum Gasteiger partial charge on any atom is -0.396 e. The molecule has 0 fully saturated rings. The summed E-state index contributed by atoms with van der Waals surface area (Å²) in [6.45, 7) is 47.8. The van der Waals surface area contributed by atoms with Gasteiger partial charge in [0, 0.05) is 6.61 Å². The fourth-order valence-electron chi connectivity index (χ4n) is 5.54. The number of rotatable bonds is 11. The van der Waals surface area contributed by atoms with Crippen LogP contribution in [-0.4, -0.2) is 11.7 Å². The van der Waals surface area contributed by atoms with Crippen molar-refractivity contribution in [3.8, 4) is 0 Å². The molecule has 0 atom stereocenters. The maximum absolute atomic E-state index is 8.86. The van der Waals surface area contributed by atoms with E-state index in [0.29, 0.717) is 12.0 Å². The summed E-state index contributed by atoms with van der Waals surface area (Å²) >= 11 is 0. The first kappa shape index (κ1) is 39.2. The summed E-state index contributed by atoms with van der Waals surface area (Å²) in [5, 5.41) is 8.86. The fraction of sp³-hybridized carbons (Fsp3) is 0.846. The third kappa shape index (κ3) is 7.96. The largest absolute Gasteiger partial charge is 0.396 e. The molecule has 1 rings (SSSR count). The lowest BCUT2D eigenvalue weighted by atomic mass is 9.45. The Morgan fingerprint density at radius 3 is 1.23 bits per heavy atom. The van der Waals surface area contributed by atoms with Crippen LogP contribution in [0, 0.1) is 27.1 Å².